The highest BCUT2D eigenvalue weighted by Crippen LogP contribution is 2.26. The fourth-order valence-corrected chi connectivity index (χ4v) is 6.94. The molecule has 0 N–H and O–H groups in total. The van der Waals surface area contributed by atoms with Gasteiger partial charge in [-0.15, -0.1) is 3.77 Å². The van der Waals surface area contributed by atoms with Gasteiger partial charge in [0.2, 0.25) is 0 Å². The summed E-state index contributed by atoms with van der Waals surface area (Å²) in [7, 11) is -3.86. The van der Waals surface area contributed by atoms with Crippen molar-refractivity contribution in [2.24, 2.45) is 9.69 Å². The first-order valence-corrected chi connectivity index (χ1v) is 10.00. The molecule has 0 aromatic heterocycles. The molecule has 1 saturated heterocycles. The van der Waals surface area contributed by atoms with Crippen LogP contribution in [0.4, 0.5) is 0 Å². The quantitative estimate of drug-likeness (QED) is 0.854. The number of sulfonamides is 1. The van der Waals surface area contributed by atoms with Crippen LogP contribution in [0.1, 0.15) is 38.7 Å². The van der Waals surface area contributed by atoms with Crippen LogP contribution in [0.25, 0.3) is 0 Å². The van der Waals surface area contributed by atoms with E-state index >= 15 is 0 Å². The molecule has 112 valence electrons. The van der Waals surface area contributed by atoms with Gasteiger partial charge in [0.15, 0.2) is 0 Å². The van der Waals surface area contributed by atoms with Gasteiger partial charge in [-0.3, -0.25) is 0 Å². The number of rotatable bonds is 3. The van der Waals surface area contributed by atoms with Gasteiger partial charge in [-0.05, 0) is 37.8 Å². The van der Waals surface area contributed by atoms with Gasteiger partial charge in [-0.1, -0.05) is 48.7 Å². The number of nitrogens with zero attached hydrogens (tertiary/aromatic N) is 1. The fraction of sp³-hybridized carbons (Fsp3) is 0.600. The maximum atomic E-state index is 12.4. The zero-order valence-corrected chi connectivity index (χ0v) is 14.0. The molecule has 0 bridgehead atoms. The highest BCUT2D eigenvalue weighted by atomic mass is 32.3. The zero-order chi connectivity index (χ0) is 14.8. The summed E-state index contributed by atoms with van der Waals surface area (Å²) in [4.78, 5) is 0.323. The second kappa shape index (κ2) is 6.39. The van der Waals surface area contributed by atoms with E-state index < -0.39 is 10.0 Å². The molecule has 2 atom stereocenters. The molecule has 0 aliphatic carbocycles. The lowest BCUT2D eigenvalue weighted by Gasteiger charge is -2.28. The maximum absolute atomic E-state index is 12.4. The SMILES string of the molecule is Cc1ccc(S(=O)(=O)N=S2CCCC[C@H]2C(C)C)cc1. The van der Waals surface area contributed by atoms with E-state index in [9.17, 15) is 8.42 Å². The Kier molecular flexibility index (Phi) is 5.02. The standard InChI is InChI=1S/C15H23NO2S2/c1-12(2)15-6-4-5-11-19(15)16-20(17,18)14-9-7-13(3)8-10-14/h7-10,12,15H,4-6,11H2,1-3H3/t15-,19?/m0/s1. The summed E-state index contributed by atoms with van der Waals surface area (Å²) < 4.78 is 29.1. The summed E-state index contributed by atoms with van der Waals surface area (Å²) in [5.41, 5.74) is 1.06. The molecule has 0 amide bonds. The van der Waals surface area contributed by atoms with Crippen molar-refractivity contribution in [3.05, 3.63) is 29.8 Å². The Morgan fingerprint density at radius 2 is 1.85 bits per heavy atom. The molecular weight excluding hydrogens is 290 g/mol. The Morgan fingerprint density at radius 3 is 2.45 bits per heavy atom. The van der Waals surface area contributed by atoms with Crippen LogP contribution in [0.5, 0.6) is 0 Å². The highest BCUT2D eigenvalue weighted by Gasteiger charge is 2.25. The summed E-state index contributed by atoms with van der Waals surface area (Å²) in [6.45, 7) is 6.29. The van der Waals surface area contributed by atoms with Crippen molar-refractivity contribution in [3.8, 4) is 0 Å². The first-order chi connectivity index (χ1) is 9.40. The van der Waals surface area contributed by atoms with Gasteiger partial charge in [0, 0.05) is 11.0 Å². The van der Waals surface area contributed by atoms with Gasteiger partial charge < -0.3 is 0 Å². The topological polar surface area (TPSA) is 46.5 Å². The van der Waals surface area contributed by atoms with E-state index in [4.69, 9.17) is 0 Å². The Labute approximate surface area is 124 Å². The Balaban J connectivity index is 2.33. The lowest BCUT2D eigenvalue weighted by Crippen LogP contribution is -2.28. The predicted octanol–water partition coefficient (Wildman–Crippen LogP) is 3.69. The van der Waals surface area contributed by atoms with Crippen LogP contribution in [-0.2, 0) is 20.7 Å². The van der Waals surface area contributed by atoms with Crippen molar-refractivity contribution < 1.29 is 8.42 Å². The number of benzene rings is 1. The van der Waals surface area contributed by atoms with Crippen molar-refractivity contribution >= 4 is 20.7 Å². The Bertz CT molecular complexity index is 589. The van der Waals surface area contributed by atoms with Crippen LogP contribution in [0.3, 0.4) is 0 Å². The molecule has 1 aromatic rings. The molecule has 0 spiro atoms. The summed E-state index contributed by atoms with van der Waals surface area (Å²) in [5, 5.41) is 0.420. The lowest BCUT2D eigenvalue weighted by atomic mass is 10.0. The minimum absolute atomic E-state index is 0.323. The molecule has 2 rings (SSSR count). The van der Waals surface area contributed by atoms with Gasteiger partial charge in [0.1, 0.15) is 0 Å². The molecule has 1 fully saturated rings. The van der Waals surface area contributed by atoms with E-state index in [0.29, 0.717) is 16.1 Å². The molecule has 1 unspecified atom stereocenters. The van der Waals surface area contributed by atoms with Gasteiger partial charge in [0.05, 0.1) is 4.90 Å². The molecule has 20 heavy (non-hydrogen) atoms. The Morgan fingerprint density at radius 1 is 1.20 bits per heavy atom. The average molecular weight is 313 g/mol. The van der Waals surface area contributed by atoms with Crippen LogP contribution in [0, 0.1) is 12.8 Å². The minimum atomic E-state index is -3.51. The van der Waals surface area contributed by atoms with E-state index in [-0.39, 0.29) is 10.7 Å². The summed E-state index contributed by atoms with van der Waals surface area (Å²) >= 11 is 0. The summed E-state index contributed by atoms with van der Waals surface area (Å²) in [6.07, 6.45) is 3.40. The monoisotopic (exact) mass is 313 g/mol. The smallest absolute Gasteiger partial charge is 0.199 e. The first-order valence-electron chi connectivity index (χ1n) is 7.14. The maximum Gasteiger partial charge on any atom is 0.287 e. The van der Waals surface area contributed by atoms with Crippen LogP contribution < -0.4 is 0 Å². The van der Waals surface area contributed by atoms with E-state index in [0.717, 1.165) is 24.2 Å². The van der Waals surface area contributed by atoms with E-state index in [1.165, 1.54) is 6.42 Å². The van der Waals surface area contributed by atoms with Crippen molar-refractivity contribution in [1.29, 1.82) is 0 Å². The third-order valence-electron chi connectivity index (χ3n) is 3.70. The minimum Gasteiger partial charge on any atom is -0.199 e. The summed E-state index contributed by atoms with van der Waals surface area (Å²) in [5.74, 6) is 1.42. The van der Waals surface area contributed by atoms with E-state index in [1.807, 2.05) is 19.1 Å². The molecule has 1 heterocycles. The first kappa shape index (κ1) is 15.7. The molecule has 3 nitrogen and oxygen atoms in total. The average Bonchev–Trinajstić information content (AvgIpc) is 2.39. The second-order valence-electron chi connectivity index (χ2n) is 5.75. The van der Waals surface area contributed by atoms with Crippen LogP contribution in [0.2, 0.25) is 0 Å². The number of aryl methyl sites for hydroxylation is 1. The van der Waals surface area contributed by atoms with Gasteiger partial charge in [0.25, 0.3) is 10.0 Å². The normalized spacial score (nSPS) is 24.2. The van der Waals surface area contributed by atoms with Crippen molar-refractivity contribution in [2.45, 2.75) is 50.2 Å². The molecule has 1 aliphatic heterocycles. The van der Waals surface area contributed by atoms with Crippen molar-refractivity contribution in [2.75, 3.05) is 5.75 Å². The molecule has 1 aromatic carbocycles. The largest absolute Gasteiger partial charge is 0.287 e. The predicted molar refractivity (Wildman–Crippen MR) is 85.5 cm³/mol. The van der Waals surface area contributed by atoms with Crippen LogP contribution >= 0.6 is 0 Å². The lowest BCUT2D eigenvalue weighted by molar-refractivity contribution is 0.533. The number of hydrogen-bond donors (Lipinski definition) is 0. The van der Waals surface area contributed by atoms with Crippen molar-refractivity contribution in [1.82, 2.24) is 0 Å². The fourth-order valence-electron chi connectivity index (χ4n) is 2.50. The van der Waals surface area contributed by atoms with Crippen LogP contribution in [-0.4, -0.2) is 19.4 Å². The molecule has 1 aliphatic rings. The zero-order valence-electron chi connectivity index (χ0n) is 12.4. The van der Waals surface area contributed by atoms with Gasteiger partial charge in [-0.25, -0.2) is 0 Å². The molecular formula is C15H23NO2S2. The summed E-state index contributed by atoms with van der Waals surface area (Å²) in [6, 6.07) is 6.97. The molecule has 0 saturated carbocycles. The van der Waals surface area contributed by atoms with Crippen molar-refractivity contribution in [3.63, 3.8) is 0 Å². The second-order valence-corrected chi connectivity index (χ2v) is 9.58. The Hall–Kier alpha value is -0.680. The molecule has 0 radical (unpaired) electrons. The van der Waals surface area contributed by atoms with Gasteiger partial charge in [-0.2, -0.15) is 8.42 Å². The highest BCUT2D eigenvalue weighted by molar-refractivity contribution is 8.00. The molecule has 5 heteroatoms. The van der Waals surface area contributed by atoms with E-state index in [2.05, 4.69) is 17.6 Å². The van der Waals surface area contributed by atoms with Gasteiger partial charge >= 0.3 is 0 Å². The third kappa shape index (κ3) is 3.70. The van der Waals surface area contributed by atoms with Crippen LogP contribution in [0.15, 0.2) is 32.9 Å². The third-order valence-corrected chi connectivity index (χ3v) is 8.30. The number of hydrogen-bond acceptors (Lipinski definition) is 2. The van der Waals surface area contributed by atoms with E-state index in [1.54, 1.807) is 12.1 Å².